The number of non-ortho nitro benzene ring substituents is 1. The molecular formula is C35H34N2O4. The van der Waals surface area contributed by atoms with Crippen molar-refractivity contribution < 1.29 is 14.6 Å². The molecule has 4 aromatic carbocycles. The van der Waals surface area contributed by atoms with Crippen LogP contribution in [0.25, 0.3) is 11.1 Å². The first-order valence-corrected chi connectivity index (χ1v) is 14.2. The molecule has 0 saturated heterocycles. The summed E-state index contributed by atoms with van der Waals surface area (Å²) in [4.78, 5) is 29.7. The highest BCUT2D eigenvalue weighted by atomic mass is 16.7. The van der Waals surface area contributed by atoms with Gasteiger partial charge in [0.2, 0.25) is 0 Å². The van der Waals surface area contributed by atoms with Crippen molar-refractivity contribution in [3.63, 3.8) is 0 Å². The number of carbonyl (C=O) groups is 1. The van der Waals surface area contributed by atoms with Gasteiger partial charge in [-0.2, -0.15) is 0 Å². The van der Waals surface area contributed by atoms with Crippen molar-refractivity contribution in [2.24, 2.45) is 5.16 Å². The molecule has 0 amide bonds. The third-order valence-corrected chi connectivity index (χ3v) is 8.01. The highest BCUT2D eigenvalue weighted by molar-refractivity contribution is 6.14. The quantitative estimate of drug-likeness (QED) is 0.0867. The molecule has 0 heterocycles. The monoisotopic (exact) mass is 546 g/mol. The predicted octanol–water partition coefficient (Wildman–Crippen LogP) is 8.31. The van der Waals surface area contributed by atoms with E-state index in [1.165, 1.54) is 0 Å². The zero-order valence-electron chi connectivity index (χ0n) is 23.7. The summed E-state index contributed by atoms with van der Waals surface area (Å²) in [5.41, 5.74) is 8.23. The fraction of sp³-hybridized carbons (Fsp3) is 0.257. The van der Waals surface area contributed by atoms with E-state index in [2.05, 4.69) is 31.1 Å². The van der Waals surface area contributed by atoms with Gasteiger partial charge in [0.25, 0.3) is 5.69 Å². The Balaban J connectivity index is 1.63. The van der Waals surface area contributed by atoms with Crippen molar-refractivity contribution >= 4 is 17.4 Å². The average Bonchev–Trinajstić information content (AvgIpc) is 3.23. The van der Waals surface area contributed by atoms with Crippen LogP contribution in [-0.4, -0.2) is 16.6 Å². The fourth-order valence-corrected chi connectivity index (χ4v) is 6.25. The SMILES string of the molecule is CCCC1(CCC)c2cc(C(=NOC(=O)Cc3ccccc3)c3ccccc3C)ccc2-c2ccc([N+](=O)[O-])cc21. The van der Waals surface area contributed by atoms with Crippen LogP contribution >= 0.6 is 0 Å². The van der Waals surface area contributed by atoms with E-state index in [0.29, 0.717) is 5.71 Å². The summed E-state index contributed by atoms with van der Waals surface area (Å²) < 4.78 is 0. The summed E-state index contributed by atoms with van der Waals surface area (Å²) in [6.07, 6.45) is 3.73. The largest absolute Gasteiger partial charge is 0.339 e. The molecule has 6 nitrogen and oxygen atoms in total. The van der Waals surface area contributed by atoms with Gasteiger partial charge in [0.1, 0.15) is 5.71 Å². The second kappa shape index (κ2) is 11.9. The Labute approximate surface area is 240 Å². The third-order valence-electron chi connectivity index (χ3n) is 8.01. The number of hydrogen-bond acceptors (Lipinski definition) is 5. The van der Waals surface area contributed by atoms with Gasteiger partial charge in [0, 0.05) is 28.7 Å². The highest BCUT2D eigenvalue weighted by Crippen LogP contribution is 2.54. The molecule has 0 N–H and O–H groups in total. The summed E-state index contributed by atoms with van der Waals surface area (Å²) in [5, 5.41) is 16.2. The van der Waals surface area contributed by atoms with E-state index in [-0.39, 0.29) is 22.4 Å². The van der Waals surface area contributed by atoms with Crippen LogP contribution in [0.3, 0.4) is 0 Å². The standard InChI is InChI=1S/C35H34N2O4/c1-4-19-35(20-5-2)31-22-26(15-17-29(31)30-18-16-27(37(39)40)23-32(30)35)34(28-14-10-9-11-24(28)3)36-41-33(38)21-25-12-7-6-8-13-25/h6-18,22-23H,4-5,19-21H2,1-3H3. The summed E-state index contributed by atoms with van der Waals surface area (Å²) >= 11 is 0. The molecule has 1 aliphatic rings. The molecule has 0 saturated carbocycles. The van der Waals surface area contributed by atoms with Crippen LogP contribution in [0.2, 0.25) is 0 Å². The topological polar surface area (TPSA) is 81.8 Å². The molecule has 5 rings (SSSR count). The molecule has 0 fully saturated rings. The highest BCUT2D eigenvalue weighted by Gasteiger charge is 2.43. The number of fused-ring (bicyclic) bond motifs is 3. The first kappa shape index (κ1) is 28.0. The molecule has 4 aromatic rings. The average molecular weight is 547 g/mol. The molecule has 0 aromatic heterocycles. The number of aryl methyl sites for hydroxylation is 1. The van der Waals surface area contributed by atoms with E-state index in [9.17, 15) is 14.9 Å². The summed E-state index contributed by atoms with van der Waals surface area (Å²) in [7, 11) is 0. The van der Waals surface area contributed by atoms with Crippen molar-refractivity contribution in [1.29, 1.82) is 0 Å². The van der Waals surface area contributed by atoms with Crippen LogP contribution in [0.15, 0.2) is 96.2 Å². The van der Waals surface area contributed by atoms with Crippen molar-refractivity contribution in [3.05, 3.63) is 134 Å². The van der Waals surface area contributed by atoms with E-state index < -0.39 is 5.97 Å². The Morgan fingerprint density at radius 1 is 0.854 bits per heavy atom. The van der Waals surface area contributed by atoms with E-state index in [1.807, 2.05) is 73.7 Å². The molecule has 0 atom stereocenters. The molecule has 0 bridgehead atoms. The maximum atomic E-state index is 12.8. The van der Waals surface area contributed by atoms with Gasteiger partial charge >= 0.3 is 5.97 Å². The van der Waals surface area contributed by atoms with Gasteiger partial charge in [0.15, 0.2) is 0 Å². The molecule has 0 unspecified atom stereocenters. The molecule has 6 heteroatoms. The van der Waals surface area contributed by atoms with Crippen LogP contribution in [-0.2, 0) is 21.5 Å². The molecule has 41 heavy (non-hydrogen) atoms. The van der Waals surface area contributed by atoms with Crippen LogP contribution < -0.4 is 0 Å². The molecule has 0 radical (unpaired) electrons. The van der Waals surface area contributed by atoms with Gasteiger partial charge in [-0.1, -0.05) is 98.6 Å². The maximum absolute atomic E-state index is 12.8. The number of hydrogen-bond donors (Lipinski definition) is 0. The number of benzene rings is 4. The Hall–Kier alpha value is -4.58. The Bertz CT molecular complexity index is 1620. The lowest BCUT2D eigenvalue weighted by atomic mass is 9.71. The number of carbonyl (C=O) groups excluding carboxylic acids is 1. The van der Waals surface area contributed by atoms with E-state index in [0.717, 1.165) is 70.2 Å². The maximum Gasteiger partial charge on any atom is 0.339 e. The van der Waals surface area contributed by atoms with Crippen LogP contribution in [0.4, 0.5) is 5.69 Å². The minimum Gasteiger partial charge on any atom is -0.317 e. The lowest BCUT2D eigenvalue weighted by Crippen LogP contribution is -2.25. The van der Waals surface area contributed by atoms with Crippen molar-refractivity contribution in [2.45, 2.75) is 58.3 Å². The first-order chi connectivity index (χ1) is 19.9. The molecule has 0 spiro atoms. The third kappa shape index (κ3) is 5.42. The van der Waals surface area contributed by atoms with Crippen molar-refractivity contribution in [1.82, 2.24) is 0 Å². The lowest BCUT2D eigenvalue weighted by molar-refractivity contribution is -0.384. The molecule has 1 aliphatic carbocycles. The van der Waals surface area contributed by atoms with Crippen LogP contribution in [0, 0.1) is 17.0 Å². The van der Waals surface area contributed by atoms with Crippen molar-refractivity contribution in [2.75, 3.05) is 0 Å². The van der Waals surface area contributed by atoms with E-state index >= 15 is 0 Å². The zero-order valence-corrected chi connectivity index (χ0v) is 23.7. The second-order valence-electron chi connectivity index (χ2n) is 10.7. The van der Waals surface area contributed by atoms with Gasteiger partial charge < -0.3 is 4.84 Å². The normalized spacial score (nSPS) is 13.4. The predicted molar refractivity (Wildman–Crippen MR) is 162 cm³/mol. The Morgan fingerprint density at radius 3 is 2.15 bits per heavy atom. The van der Waals surface area contributed by atoms with Gasteiger partial charge in [0.05, 0.1) is 11.3 Å². The first-order valence-electron chi connectivity index (χ1n) is 14.2. The zero-order chi connectivity index (χ0) is 29.0. The Morgan fingerprint density at radius 2 is 1.49 bits per heavy atom. The molecule has 0 aliphatic heterocycles. The van der Waals surface area contributed by atoms with Crippen LogP contribution in [0.1, 0.15) is 72.9 Å². The minimum atomic E-state index is -0.436. The fourth-order valence-electron chi connectivity index (χ4n) is 6.25. The van der Waals surface area contributed by atoms with Gasteiger partial charge in [-0.3, -0.25) is 10.1 Å². The number of nitro groups is 1. The Kier molecular flexibility index (Phi) is 8.11. The number of nitro benzene ring substituents is 1. The van der Waals surface area contributed by atoms with Gasteiger partial charge in [-0.25, -0.2) is 4.79 Å². The molecular weight excluding hydrogens is 512 g/mol. The minimum absolute atomic E-state index is 0.112. The summed E-state index contributed by atoms with van der Waals surface area (Å²) in [6, 6.07) is 28.9. The van der Waals surface area contributed by atoms with Gasteiger partial charge in [-0.15, -0.1) is 0 Å². The van der Waals surface area contributed by atoms with E-state index in [4.69, 9.17) is 4.84 Å². The summed E-state index contributed by atoms with van der Waals surface area (Å²) in [5.74, 6) is -0.436. The number of nitrogens with zero attached hydrogens (tertiary/aromatic N) is 2. The van der Waals surface area contributed by atoms with Crippen molar-refractivity contribution in [3.8, 4) is 11.1 Å². The molecule has 208 valence electrons. The van der Waals surface area contributed by atoms with Gasteiger partial charge in [-0.05, 0) is 65.3 Å². The lowest BCUT2D eigenvalue weighted by Gasteiger charge is -2.32. The number of oxime groups is 1. The van der Waals surface area contributed by atoms with Crippen LogP contribution in [0.5, 0.6) is 0 Å². The van der Waals surface area contributed by atoms with E-state index in [1.54, 1.807) is 12.1 Å². The number of rotatable bonds is 10. The summed E-state index contributed by atoms with van der Waals surface area (Å²) in [6.45, 7) is 6.32. The smallest absolute Gasteiger partial charge is 0.317 e. The second-order valence-corrected chi connectivity index (χ2v) is 10.7.